The predicted octanol–water partition coefficient (Wildman–Crippen LogP) is 3.92. The number of rotatable bonds is 7. The third-order valence-corrected chi connectivity index (χ3v) is 9.23. The Hall–Kier alpha value is -4.77. The number of urea groups is 1. The summed E-state index contributed by atoms with van der Waals surface area (Å²) in [5.41, 5.74) is -1.72. The van der Waals surface area contributed by atoms with E-state index in [0.717, 1.165) is 28.8 Å². The van der Waals surface area contributed by atoms with Gasteiger partial charge in [0.1, 0.15) is 23.4 Å². The van der Waals surface area contributed by atoms with Gasteiger partial charge in [-0.05, 0) is 68.1 Å². The van der Waals surface area contributed by atoms with Crippen LogP contribution in [-0.2, 0) is 33.6 Å². The molecule has 0 saturated carbocycles. The van der Waals surface area contributed by atoms with Crippen LogP contribution in [0.2, 0.25) is 0 Å². The van der Waals surface area contributed by atoms with Crippen LogP contribution in [0.25, 0.3) is 11.1 Å². The second-order valence-electron chi connectivity index (χ2n) is 12.8. The molecule has 3 aliphatic rings. The number of nitriles is 1. The number of nitrogens with one attached hydrogen (secondary N) is 1. The molecule has 2 saturated heterocycles. The zero-order chi connectivity index (χ0) is 33.2. The van der Waals surface area contributed by atoms with E-state index in [-0.39, 0.29) is 12.0 Å². The standard InChI is InChI=1S/C32H31F4N7O3/c1-29(2,17-37)43-15-23(13-38-43)21-6-9-25-22(12-21)10-11-31(25)27(45)41(28(46)39-31)16-26(44)42(14-20-4-7-24(33)8-5-20)30(32(34,35)36)18-40(3)19-30/h4-9,12-13,15H,10-11,14,16,18-19H2,1-3H3,(H,39,46)/t31-/m0/s1. The maximum absolute atomic E-state index is 14.6. The number of carbonyl (C=O) groups excluding carboxylic acids is 3. The molecule has 2 aliphatic heterocycles. The summed E-state index contributed by atoms with van der Waals surface area (Å²) in [6.07, 6.45) is -0.798. The summed E-state index contributed by atoms with van der Waals surface area (Å²) in [7, 11) is 1.49. The highest BCUT2D eigenvalue weighted by Gasteiger charge is 2.66. The van der Waals surface area contributed by atoms with E-state index in [0.29, 0.717) is 21.8 Å². The molecular formula is C32H31F4N7O3. The Kier molecular flexibility index (Phi) is 7.23. The van der Waals surface area contributed by atoms with E-state index in [4.69, 9.17) is 0 Å². The Morgan fingerprint density at radius 1 is 1.11 bits per heavy atom. The van der Waals surface area contributed by atoms with Gasteiger partial charge < -0.3 is 15.1 Å². The van der Waals surface area contributed by atoms with Crippen LogP contribution < -0.4 is 5.32 Å². The number of hydrogen-bond acceptors (Lipinski definition) is 6. The fraction of sp³-hybridized carbons (Fsp3) is 0.406. The summed E-state index contributed by atoms with van der Waals surface area (Å²) in [5, 5.41) is 16.5. The van der Waals surface area contributed by atoms with E-state index in [2.05, 4.69) is 16.5 Å². The SMILES string of the molecule is CN1CC(N(Cc2ccc(F)cc2)C(=O)CN2C(=O)N[C@]3(CCc4cc(-c5cnn(C(C)(C)C#N)c5)ccc43)C2=O)(C(F)(F)F)C1. The molecule has 1 aromatic heterocycles. The summed E-state index contributed by atoms with van der Waals surface area (Å²) in [6, 6.07) is 11.5. The van der Waals surface area contributed by atoms with Crippen LogP contribution in [0.5, 0.6) is 0 Å². The van der Waals surface area contributed by atoms with E-state index in [1.165, 1.54) is 24.1 Å². The fourth-order valence-electron chi connectivity index (χ4n) is 6.62. The van der Waals surface area contributed by atoms with Crippen LogP contribution in [0.1, 0.15) is 37.0 Å². The first kappa shape index (κ1) is 31.2. The Morgan fingerprint density at radius 2 is 1.80 bits per heavy atom. The Balaban J connectivity index is 1.26. The van der Waals surface area contributed by atoms with Crippen LogP contribution in [0.3, 0.4) is 0 Å². The lowest BCUT2D eigenvalue weighted by atomic mass is 9.86. The van der Waals surface area contributed by atoms with Crippen LogP contribution in [0, 0.1) is 17.1 Å². The number of nitrogens with zero attached hydrogens (tertiary/aromatic N) is 6. The second-order valence-corrected chi connectivity index (χ2v) is 12.8. The number of aromatic nitrogens is 2. The number of aryl methyl sites for hydroxylation is 1. The topological polar surface area (TPSA) is 115 Å². The van der Waals surface area contributed by atoms with Gasteiger partial charge >= 0.3 is 12.2 Å². The summed E-state index contributed by atoms with van der Waals surface area (Å²) in [4.78, 5) is 43.6. The summed E-state index contributed by atoms with van der Waals surface area (Å²) < 4.78 is 58.7. The zero-order valence-corrected chi connectivity index (χ0v) is 25.4. The van der Waals surface area contributed by atoms with Gasteiger partial charge in [0, 0.05) is 31.4 Å². The first-order valence-corrected chi connectivity index (χ1v) is 14.6. The molecule has 10 nitrogen and oxygen atoms in total. The first-order chi connectivity index (χ1) is 21.6. The minimum Gasteiger partial charge on any atom is -0.320 e. The molecular weight excluding hydrogens is 606 g/mol. The second kappa shape index (κ2) is 10.7. The Morgan fingerprint density at radius 3 is 2.43 bits per heavy atom. The molecule has 3 heterocycles. The van der Waals surface area contributed by atoms with Crippen LogP contribution in [0.15, 0.2) is 54.9 Å². The van der Waals surface area contributed by atoms with Crippen LogP contribution >= 0.6 is 0 Å². The van der Waals surface area contributed by atoms with E-state index >= 15 is 0 Å². The van der Waals surface area contributed by atoms with Crippen molar-refractivity contribution in [1.82, 2.24) is 29.8 Å². The van der Waals surface area contributed by atoms with Gasteiger partial charge in [-0.3, -0.25) is 19.2 Å². The Labute approximate surface area is 262 Å². The van der Waals surface area contributed by atoms with E-state index in [1.807, 2.05) is 6.07 Å². The third-order valence-electron chi connectivity index (χ3n) is 9.23. The molecule has 0 unspecified atom stereocenters. The zero-order valence-electron chi connectivity index (χ0n) is 25.4. The Bertz CT molecular complexity index is 1770. The lowest BCUT2D eigenvalue weighted by Gasteiger charge is -2.55. The normalized spacial score (nSPS) is 20.8. The van der Waals surface area contributed by atoms with Gasteiger partial charge in [-0.1, -0.05) is 30.3 Å². The van der Waals surface area contributed by atoms with E-state index < -0.39 is 72.6 Å². The van der Waals surface area contributed by atoms with Gasteiger partial charge in [0.15, 0.2) is 5.54 Å². The van der Waals surface area contributed by atoms with Crippen molar-refractivity contribution in [3.63, 3.8) is 0 Å². The molecule has 1 aliphatic carbocycles. The van der Waals surface area contributed by atoms with Crippen molar-refractivity contribution in [2.75, 3.05) is 26.7 Å². The quantitative estimate of drug-likeness (QED) is 0.311. The van der Waals surface area contributed by atoms with Crippen molar-refractivity contribution >= 4 is 17.8 Å². The number of hydrogen-bond donors (Lipinski definition) is 1. The van der Waals surface area contributed by atoms with Crippen molar-refractivity contribution in [1.29, 1.82) is 5.26 Å². The monoisotopic (exact) mass is 637 g/mol. The minimum atomic E-state index is -4.81. The molecule has 14 heteroatoms. The number of benzene rings is 2. The minimum absolute atomic E-state index is 0.207. The van der Waals surface area contributed by atoms with E-state index in [1.54, 1.807) is 43.1 Å². The lowest BCUT2D eigenvalue weighted by molar-refractivity contribution is -0.268. The molecule has 1 spiro atoms. The van der Waals surface area contributed by atoms with Crippen LogP contribution in [0.4, 0.5) is 22.4 Å². The van der Waals surface area contributed by atoms with Gasteiger partial charge in [0.25, 0.3) is 5.91 Å². The van der Waals surface area contributed by atoms with Crippen molar-refractivity contribution in [2.45, 2.75) is 56.0 Å². The van der Waals surface area contributed by atoms with Gasteiger partial charge in [-0.15, -0.1) is 0 Å². The lowest BCUT2D eigenvalue weighted by Crippen LogP contribution is -2.77. The van der Waals surface area contributed by atoms with Crippen LogP contribution in [-0.4, -0.2) is 80.7 Å². The molecule has 1 N–H and O–H groups in total. The largest absolute Gasteiger partial charge is 0.414 e. The maximum Gasteiger partial charge on any atom is 0.414 e. The summed E-state index contributed by atoms with van der Waals surface area (Å²) in [6.45, 7) is 1.10. The molecule has 4 amide bonds. The number of fused-ring (bicyclic) bond motifs is 2. The van der Waals surface area contributed by atoms with Gasteiger partial charge in [0.05, 0.1) is 12.3 Å². The predicted molar refractivity (Wildman–Crippen MR) is 156 cm³/mol. The average Bonchev–Trinajstić information content (AvgIpc) is 3.69. The van der Waals surface area contributed by atoms with E-state index in [9.17, 15) is 37.2 Å². The number of carbonyl (C=O) groups is 3. The highest BCUT2D eigenvalue weighted by molar-refractivity contribution is 6.10. The number of halogens is 4. The smallest absolute Gasteiger partial charge is 0.320 e. The highest BCUT2D eigenvalue weighted by Crippen LogP contribution is 2.45. The fourth-order valence-corrected chi connectivity index (χ4v) is 6.62. The van der Waals surface area contributed by atoms with Crippen molar-refractivity contribution in [2.24, 2.45) is 0 Å². The maximum atomic E-state index is 14.6. The molecule has 2 aromatic carbocycles. The van der Waals surface area contributed by atoms with Crippen molar-refractivity contribution in [3.8, 4) is 17.2 Å². The molecule has 6 rings (SSSR count). The molecule has 1 atom stereocenters. The molecule has 2 fully saturated rings. The summed E-state index contributed by atoms with van der Waals surface area (Å²) >= 11 is 0. The number of alkyl halides is 3. The molecule has 3 aromatic rings. The number of amides is 4. The number of likely N-dealkylation sites (tertiary alicyclic amines) is 1. The molecule has 46 heavy (non-hydrogen) atoms. The van der Waals surface area contributed by atoms with Crippen molar-refractivity contribution < 1.29 is 31.9 Å². The molecule has 0 radical (unpaired) electrons. The molecule has 0 bridgehead atoms. The van der Waals surface area contributed by atoms with Gasteiger partial charge in [-0.25, -0.2) is 9.18 Å². The highest BCUT2D eigenvalue weighted by atomic mass is 19.4. The number of imide groups is 1. The first-order valence-electron chi connectivity index (χ1n) is 14.6. The number of likely N-dealkylation sites (N-methyl/N-ethyl adjacent to an activating group) is 1. The molecule has 240 valence electrons. The van der Waals surface area contributed by atoms with Crippen molar-refractivity contribution in [3.05, 3.63) is 77.4 Å². The third kappa shape index (κ3) is 4.89. The summed E-state index contributed by atoms with van der Waals surface area (Å²) in [5.74, 6) is -2.35. The van der Waals surface area contributed by atoms with Gasteiger partial charge in [0.2, 0.25) is 5.91 Å². The average molecular weight is 638 g/mol. The van der Waals surface area contributed by atoms with Gasteiger partial charge in [-0.2, -0.15) is 23.5 Å².